The number of hydrogen-bond acceptors (Lipinski definition) is 3. The Hall–Kier alpha value is -2.02. The lowest BCUT2D eigenvalue weighted by atomic mass is 10.2. The summed E-state index contributed by atoms with van der Waals surface area (Å²) >= 11 is 0. The van der Waals surface area contributed by atoms with E-state index in [1.165, 1.54) is 6.20 Å². The summed E-state index contributed by atoms with van der Waals surface area (Å²) < 4.78 is 0. The van der Waals surface area contributed by atoms with Crippen molar-refractivity contribution in [3.05, 3.63) is 23.4 Å². The Kier molecular flexibility index (Phi) is 3.90. The van der Waals surface area contributed by atoms with Gasteiger partial charge < -0.3 is 10.0 Å². The Balaban J connectivity index is 3.07. The Labute approximate surface area is 94.9 Å². The van der Waals surface area contributed by atoms with Crippen molar-refractivity contribution in [2.24, 2.45) is 0 Å². The fourth-order valence-corrected chi connectivity index (χ4v) is 1.46. The zero-order valence-corrected chi connectivity index (χ0v) is 9.40. The van der Waals surface area contributed by atoms with Crippen LogP contribution < -0.4 is 4.90 Å². The van der Waals surface area contributed by atoms with Gasteiger partial charge in [0.05, 0.1) is 12.1 Å². The van der Waals surface area contributed by atoms with Crippen LogP contribution in [0.15, 0.2) is 12.3 Å². The summed E-state index contributed by atoms with van der Waals surface area (Å²) in [5.41, 5.74) is 1.01. The zero-order chi connectivity index (χ0) is 12.1. The third-order valence-electron chi connectivity index (χ3n) is 2.26. The summed E-state index contributed by atoms with van der Waals surface area (Å²) in [5, 5.41) is 8.81. The zero-order valence-electron chi connectivity index (χ0n) is 9.40. The first-order chi connectivity index (χ1) is 7.60. The van der Waals surface area contributed by atoms with Crippen LogP contribution in [0.25, 0.3) is 0 Å². The average molecular weight is 218 g/mol. The maximum atomic E-state index is 10.7. The third-order valence-corrected chi connectivity index (χ3v) is 2.26. The second-order valence-corrected chi connectivity index (χ2v) is 3.39. The summed E-state index contributed by atoms with van der Waals surface area (Å²) in [6.45, 7) is 5.01. The van der Waals surface area contributed by atoms with Crippen LogP contribution in [0.4, 0.5) is 5.82 Å². The van der Waals surface area contributed by atoms with Crippen molar-refractivity contribution in [1.29, 1.82) is 0 Å². The van der Waals surface area contributed by atoms with Crippen LogP contribution in [0, 0.1) is 19.3 Å². The number of pyridine rings is 1. The highest BCUT2D eigenvalue weighted by molar-refractivity contribution is 5.87. The Bertz CT molecular complexity index is 435. The molecule has 1 N–H and O–H groups in total. The predicted molar refractivity (Wildman–Crippen MR) is 62.7 cm³/mol. The molecule has 4 heteroatoms. The molecule has 0 amide bonds. The van der Waals surface area contributed by atoms with Gasteiger partial charge in [0.15, 0.2) is 0 Å². The monoisotopic (exact) mass is 218 g/mol. The van der Waals surface area contributed by atoms with Gasteiger partial charge in [0.2, 0.25) is 0 Å². The molecule has 0 saturated heterocycles. The van der Waals surface area contributed by atoms with E-state index in [-0.39, 0.29) is 5.56 Å². The lowest BCUT2D eigenvalue weighted by Gasteiger charge is -2.21. The van der Waals surface area contributed by atoms with Crippen molar-refractivity contribution < 1.29 is 9.90 Å². The number of hydrogen-bond donors (Lipinski definition) is 1. The molecule has 0 atom stereocenters. The average Bonchev–Trinajstić information content (AvgIpc) is 2.26. The molecule has 0 unspecified atom stereocenters. The van der Waals surface area contributed by atoms with Gasteiger partial charge in [-0.3, -0.25) is 0 Å². The second-order valence-electron chi connectivity index (χ2n) is 3.39. The van der Waals surface area contributed by atoms with Crippen LogP contribution in [0.2, 0.25) is 0 Å². The maximum Gasteiger partial charge on any atom is 0.337 e. The van der Waals surface area contributed by atoms with Gasteiger partial charge in [-0.15, -0.1) is 6.42 Å². The van der Waals surface area contributed by atoms with Crippen LogP contribution in [0.5, 0.6) is 0 Å². The lowest BCUT2D eigenvalue weighted by Crippen LogP contribution is -2.25. The number of aryl methyl sites for hydroxylation is 1. The van der Waals surface area contributed by atoms with Gasteiger partial charge in [-0.25, -0.2) is 9.78 Å². The van der Waals surface area contributed by atoms with E-state index >= 15 is 0 Å². The molecule has 0 aliphatic heterocycles. The van der Waals surface area contributed by atoms with Crippen LogP contribution in [-0.2, 0) is 0 Å². The number of terminal acetylenes is 1. The molecule has 0 radical (unpaired) electrons. The molecule has 16 heavy (non-hydrogen) atoms. The third kappa shape index (κ3) is 2.51. The number of rotatable bonds is 4. The summed E-state index contributed by atoms with van der Waals surface area (Å²) in [6, 6.07) is 1.60. The summed E-state index contributed by atoms with van der Waals surface area (Å²) in [7, 11) is 0. The van der Waals surface area contributed by atoms with Crippen LogP contribution >= 0.6 is 0 Å². The quantitative estimate of drug-likeness (QED) is 0.779. The van der Waals surface area contributed by atoms with E-state index in [0.717, 1.165) is 17.9 Å². The summed E-state index contributed by atoms with van der Waals surface area (Å²) in [4.78, 5) is 16.8. The van der Waals surface area contributed by atoms with Crippen LogP contribution in [0.1, 0.15) is 22.8 Å². The summed E-state index contributed by atoms with van der Waals surface area (Å²) in [5.74, 6) is 2.32. The van der Waals surface area contributed by atoms with Gasteiger partial charge >= 0.3 is 5.97 Å². The summed E-state index contributed by atoms with van der Waals surface area (Å²) in [6.07, 6.45) is 6.61. The first-order valence-corrected chi connectivity index (χ1v) is 4.98. The van der Waals surface area contributed by atoms with Gasteiger partial charge in [-0.05, 0) is 25.5 Å². The van der Waals surface area contributed by atoms with Crippen molar-refractivity contribution >= 4 is 11.8 Å². The van der Waals surface area contributed by atoms with E-state index in [1.807, 2.05) is 18.7 Å². The van der Waals surface area contributed by atoms with Crippen molar-refractivity contribution in [2.75, 3.05) is 18.0 Å². The molecule has 0 aliphatic rings. The van der Waals surface area contributed by atoms with Crippen molar-refractivity contribution in [1.82, 2.24) is 4.98 Å². The fraction of sp³-hybridized carbons (Fsp3) is 0.333. The van der Waals surface area contributed by atoms with Crippen molar-refractivity contribution in [3.63, 3.8) is 0 Å². The molecular formula is C12H14N2O2. The minimum atomic E-state index is -0.970. The van der Waals surface area contributed by atoms with Gasteiger partial charge in [0.25, 0.3) is 0 Å². The molecule has 0 aromatic carbocycles. The van der Waals surface area contributed by atoms with Crippen LogP contribution in [-0.4, -0.2) is 29.1 Å². The molecule has 0 saturated carbocycles. The molecule has 4 nitrogen and oxygen atoms in total. The Morgan fingerprint density at radius 3 is 2.81 bits per heavy atom. The SMILES string of the molecule is C#CCN(CC)c1ncc(C(=O)O)cc1C. The predicted octanol–water partition coefficient (Wildman–Crippen LogP) is 1.55. The minimum Gasteiger partial charge on any atom is -0.478 e. The topological polar surface area (TPSA) is 53.4 Å². The first-order valence-electron chi connectivity index (χ1n) is 4.98. The Morgan fingerprint density at radius 2 is 2.38 bits per heavy atom. The number of anilines is 1. The van der Waals surface area contributed by atoms with E-state index < -0.39 is 5.97 Å². The maximum absolute atomic E-state index is 10.7. The molecule has 1 rings (SSSR count). The van der Waals surface area contributed by atoms with Gasteiger partial charge in [0.1, 0.15) is 5.82 Å². The second kappa shape index (κ2) is 5.17. The molecule has 1 heterocycles. The highest BCUT2D eigenvalue weighted by Crippen LogP contribution is 2.17. The number of aromatic carboxylic acids is 1. The normalized spacial score (nSPS) is 9.56. The highest BCUT2D eigenvalue weighted by Gasteiger charge is 2.11. The van der Waals surface area contributed by atoms with Crippen molar-refractivity contribution in [3.8, 4) is 12.3 Å². The van der Waals surface area contributed by atoms with E-state index in [4.69, 9.17) is 11.5 Å². The highest BCUT2D eigenvalue weighted by atomic mass is 16.4. The molecule has 0 aliphatic carbocycles. The van der Waals surface area contributed by atoms with E-state index in [9.17, 15) is 4.79 Å². The number of carbonyl (C=O) groups is 1. The van der Waals surface area contributed by atoms with E-state index in [0.29, 0.717) is 6.54 Å². The number of nitrogens with zero attached hydrogens (tertiary/aromatic N) is 2. The van der Waals surface area contributed by atoms with Gasteiger partial charge in [0, 0.05) is 12.7 Å². The first kappa shape index (κ1) is 12.1. The van der Waals surface area contributed by atoms with E-state index in [2.05, 4.69) is 10.9 Å². The van der Waals surface area contributed by atoms with Crippen LogP contribution in [0.3, 0.4) is 0 Å². The minimum absolute atomic E-state index is 0.193. The van der Waals surface area contributed by atoms with E-state index in [1.54, 1.807) is 6.07 Å². The smallest absolute Gasteiger partial charge is 0.337 e. The molecule has 1 aromatic heterocycles. The molecular weight excluding hydrogens is 204 g/mol. The standard InChI is InChI=1S/C12H14N2O2/c1-4-6-14(5-2)11-9(3)7-10(8-13-11)12(15)16/h1,7-8H,5-6H2,2-3H3,(H,15,16). The largest absolute Gasteiger partial charge is 0.478 e. The molecule has 0 bridgehead atoms. The number of aromatic nitrogens is 1. The lowest BCUT2D eigenvalue weighted by molar-refractivity contribution is 0.0696. The molecule has 1 aromatic rings. The molecule has 0 spiro atoms. The van der Waals surface area contributed by atoms with Crippen molar-refractivity contribution in [2.45, 2.75) is 13.8 Å². The molecule has 84 valence electrons. The molecule has 0 fully saturated rings. The van der Waals surface area contributed by atoms with Gasteiger partial charge in [-0.2, -0.15) is 0 Å². The fourth-order valence-electron chi connectivity index (χ4n) is 1.46. The Morgan fingerprint density at radius 1 is 1.69 bits per heavy atom. The van der Waals surface area contributed by atoms with Gasteiger partial charge in [-0.1, -0.05) is 5.92 Å². The number of carboxylic acids is 1. The number of carboxylic acid groups (broad SMARTS) is 1.